The van der Waals surface area contributed by atoms with Crippen molar-refractivity contribution < 1.29 is 14.3 Å². The van der Waals surface area contributed by atoms with Crippen LogP contribution in [0.4, 0.5) is 4.79 Å². The number of hydrogen-bond acceptors (Lipinski definition) is 3. The summed E-state index contributed by atoms with van der Waals surface area (Å²) in [5, 5.41) is 2.65. The summed E-state index contributed by atoms with van der Waals surface area (Å²) in [6.45, 7) is 8.36. The fraction of sp³-hybridized carbons (Fsp3) is 0.500. The Kier molecular flexibility index (Phi) is 5.90. The Morgan fingerprint density at radius 2 is 2.05 bits per heavy atom. The van der Waals surface area contributed by atoms with Crippen LogP contribution in [0.5, 0.6) is 5.75 Å². The molecule has 0 aromatic heterocycles. The van der Waals surface area contributed by atoms with Gasteiger partial charge in [0.05, 0.1) is 10.1 Å². The van der Waals surface area contributed by atoms with E-state index in [2.05, 4.69) is 34.0 Å². The summed E-state index contributed by atoms with van der Waals surface area (Å²) in [6.07, 6.45) is -0.422. The number of carbonyl (C=O) groups excluding carboxylic acids is 1. The van der Waals surface area contributed by atoms with Gasteiger partial charge in [-0.1, -0.05) is 6.07 Å². The summed E-state index contributed by atoms with van der Waals surface area (Å²) in [5.41, 5.74) is 0.723. The van der Waals surface area contributed by atoms with Crippen molar-refractivity contribution in [3.63, 3.8) is 0 Å². The number of benzene rings is 1. The Balaban J connectivity index is 2.29. The third-order valence-corrected chi connectivity index (χ3v) is 2.96. The van der Waals surface area contributed by atoms with Gasteiger partial charge in [-0.2, -0.15) is 0 Å². The van der Waals surface area contributed by atoms with Gasteiger partial charge in [0, 0.05) is 0 Å². The number of amides is 1. The van der Waals surface area contributed by atoms with Crippen LogP contribution in [-0.4, -0.2) is 24.8 Å². The highest BCUT2D eigenvalue weighted by Crippen LogP contribution is 2.21. The molecule has 0 unspecified atom stereocenters. The van der Waals surface area contributed by atoms with E-state index < -0.39 is 11.7 Å². The van der Waals surface area contributed by atoms with Crippen LogP contribution in [-0.2, 0) is 4.74 Å². The van der Waals surface area contributed by atoms with Crippen LogP contribution < -0.4 is 10.1 Å². The van der Waals surface area contributed by atoms with Gasteiger partial charge in [-0.25, -0.2) is 4.79 Å². The van der Waals surface area contributed by atoms with E-state index in [-0.39, 0.29) is 0 Å². The molecule has 106 valence electrons. The third-order valence-electron chi connectivity index (χ3n) is 2.12. The molecule has 0 fully saturated rings. The molecule has 0 atom stereocenters. The summed E-state index contributed by atoms with van der Waals surface area (Å²) in [6, 6.07) is 5.99. The Morgan fingerprint density at radius 1 is 1.37 bits per heavy atom. The maximum absolute atomic E-state index is 11.4. The zero-order valence-corrected chi connectivity index (χ0v) is 13.9. The molecule has 0 bridgehead atoms. The molecule has 1 aromatic rings. The fourth-order valence-electron chi connectivity index (χ4n) is 1.35. The van der Waals surface area contributed by atoms with Crippen molar-refractivity contribution in [2.24, 2.45) is 0 Å². The van der Waals surface area contributed by atoms with Crippen molar-refractivity contribution in [1.29, 1.82) is 0 Å². The molecule has 0 radical (unpaired) electrons. The molecule has 1 rings (SSSR count). The molecule has 0 spiro atoms. The SMILES string of the molecule is Cc1ccc(OCCNC(=O)OC(C)(C)C)c(I)c1. The zero-order valence-electron chi connectivity index (χ0n) is 11.7. The van der Waals surface area contributed by atoms with Crippen LogP contribution in [0.2, 0.25) is 0 Å². The Hall–Kier alpha value is -0.980. The van der Waals surface area contributed by atoms with E-state index in [0.29, 0.717) is 13.2 Å². The Bertz CT molecular complexity index is 441. The largest absolute Gasteiger partial charge is 0.491 e. The van der Waals surface area contributed by atoms with Crippen molar-refractivity contribution >= 4 is 28.7 Å². The summed E-state index contributed by atoms with van der Waals surface area (Å²) >= 11 is 2.23. The molecule has 1 N–H and O–H groups in total. The first kappa shape index (κ1) is 16.1. The molecule has 0 aliphatic heterocycles. The lowest BCUT2D eigenvalue weighted by Gasteiger charge is -2.19. The molecule has 1 aromatic carbocycles. The smallest absolute Gasteiger partial charge is 0.407 e. The first-order chi connectivity index (χ1) is 8.78. The van der Waals surface area contributed by atoms with Gasteiger partial charge >= 0.3 is 6.09 Å². The van der Waals surface area contributed by atoms with Crippen LogP contribution in [0.25, 0.3) is 0 Å². The summed E-state index contributed by atoms with van der Waals surface area (Å²) in [5.74, 6) is 0.831. The lowest BCUT2D eigenvalue weighted by atomic mass is 10.2. The van der Waals surface area contributed by atoms with Gasteiger partial charge in [-0.15, -0.1) is 0 Å². The number of aryl methyl sites for hydroxylation is 1. The van der Waals surface area contributed by atoms with Crippen molar-refractivity contribution in [2.75, 3.05) is 13.2 Å². The van der Waals surface area contributed by atoms with E-state index in [9.17, 15) is 4.79 Å². The van der Waals surface area contributed by atoms with Gasteiger partial charge < -0.3 is 14.8 Å². The fourth-order valence-corrected chi connectivity index (χ4v) is 2.18. The molecule has 0 aliphatic carbocycles. The van der Waals surface area contributed by atoms with Crippen LogP contribution in [0.3, 0.4) is 0 Å². The molecule has 0 aliphatic rings. The third kappa shape index (κ3) is 6.66. The lowest BCUT2D eigenvalue weighted by molar-refractivity contribution is 0.0520. The maximum Gasteiger partial charge on any atom is 0.407 e. The molecular formula is C14H20INO3. The Morgan fingerprint density at radius 3 is 2.63 bits per heavy atom. The molecule has 4 nitrogen and oxygen atoms in total. The average Bonchev–Trinajstić information content (AvgIpc) is 2.24. The standard InChI is InChI=1S/C14H20INO3/c1-10-5-6-12(11(15)9-10)18-8-7-16-13(17)19-14(2,3)4/h5-6,9H,7-8H2,1-4H3,(H,16,17). The summed E-state index contributed by atoms with van der Waals surface area (Å²) < 4.78 is 11.8. The maximum atomic E-state index is 11.4. The Labute approximate surface area is 128 Å². The van der Waals surface area contributed by atoms with Gasteiger partial charge in [0.25, 0.3) is 0 Å². The van der Waals surface area contributed by atoms with E-state index in [1.807, 2.05) is 39.8 Å². The van der Waals surface area contributed by atoms with Crippen LogP contribution in [0.15, 0.2) is 18.2 Å². The predicted octanol–water partition coefficient (Wildman–Crippen LogP) is 3.50. The summed E-state index contributed by atoms with van der Waals surface area (Å²) in [7, 11) is 0. The van der Waals surface area contributed by atoms with E-state index in [1.54, 1.807) is 0 Å². The number of carbonyl (C=O) groups is 1. The van der Waals surface area contributed by atoms with Gasteiger partial charge in [0.15, 0.2) is 0 Å². The second-order valence-electron chi connectivity index (χ2n) is 5.21. The van der Waals surface area contributed by atoms with E-state index in [4.69, 9.17) is 9.47 Å². The van der Waals surface area contributed by atoms with Crippen molar-refractivity contribution in [3.05, 3.63) is 27.3 Å². The molecule has 5 heteroatoms. The second kappa shape index (κ2) is 6.98. The van der Waals surface area contributed by atoms with Crippen LogP contribution >= 0.6 is 22.6 Å². The van der Waals surface area contributed by atoms with Crippen molar-refractivity contribution in [2.45, 2.75) is 33.3 Å². The average molecular weight is 377 g/mol. The zero-order chi connectivity index (χ0) is 14.5. The number of nitrogens with one attached hydrogen (secondary N) is 1. The van der Waals surface area contributed by atoms with Gasteiger partial charge in [-0.3, -0.25) is 0 Å². The second-order valence-corrected chi connectivity index (χ2v) is 6.37. The van der Waals surface area contributed by atoms with E-state index in [1.165, 1.54) is 5.56 Å². The van der Waals surface area contributed by atoms with Gasteiger partial charge in [0.2, 0.25) is 0 Å². The number of alkyl carbamates (subject to hydrolysis) is 1. The first-order valence-electron chi connectivity index (χ1n) is 6.14. The summed E-state index contributed by atoms with van der Waals surface area (Å²) in [4.78, 5) is 11.4. The highest BCUT2D eigenvalue weighted by molar-refractivity contribution is 14.1. The van der Waals surface area contributed by atoms with Crippen molar-refractivity contribution in [3.8, 4) is 5.75 Å². The topological polar surface area (TPSA) is 47.6 Å². The van der Waals surface area contributed by atoms with Crippen LogP contribution in [0.1, 0.15) is 26.3 Å². The molecule has 19 heavy (non-hydrogen) atoms. The quantitative estimate of drug-likeness (QED) is 0.646. The van der Waals surface area contributed by atoms with Crippen LogP contribution in [0, 0.1) is 10.5 Å². The van der Waals surface area contributed by atoms with E-state index >= 15 is 0 Å². The number of halogens is 1. The van der Waals surface area contributed by atoms with Crippen molar-refractivity contribution in [1.82, 2.24) is 5.32 Å². The molecular weight excluding hydrogens is 357 g/mol. The van der Waals surface area contributed by atoms with E-state index in [0.717, 1.165) is 9.32 Å². The molecule has 0 saturated carbocycles. The number of rotatable bonds is 4. The van der Waals surface area contributed by atoms with Gasteiger partial charge in [-0.05, 0) is 68.0 Å². The lowest BCUT2D eigenvalue weighted by Crippen LogP contribution is -2.34. The van der Waals surface area contributed by atoms with Gasteiger partial charge in [0.1, 0.15) is 18.0 Å². The molecule has 1 amide bonds. The minimum Gasteiger partial charge on any atom is -0.491 e. The number of hydrogen-bond donors (Lipinski definition) is 1. The minimum absolute atomic E-state index is 0.415. The normalized spacial score (nSPS) is 11.0. The number of ether oxygens (including phenoxy) is 2. The monoisotopic (exact) mass is 377 g/mol. The highest BCUT2D eigenvalue weighted by atomic mass is 127. The highest BCUT2D eigenvalue weighted by Gasteiger charge is 2.15. The minimum atomic E-state index is -0.475. The predicted molar refractivity (Wildman–Crippen MR) is 83.6 cm³/mol. The molecule has 0 saturated heterocycles. The first-order valence-corrected chi connectivity index (χ1v) is 7.21. The molecule has 0 heterocycles.